The molecule has 0 aromatic rings. The summed E-state index contributed by atoms with van der Waals surface area (Å²) in [6.07, 6.45) is 1.96. The molecule has 0 bridgehead atoms. The number of urea groups is 1. The molecule has 13 nitrogen and oxygen atoms in total. The quantitative estimate of drug-likeness (QED) is 0.173. The van der Waals surface area contributed by atoms with Crippen LogP contribution in [0.4, 0.5) is 4.79 Å². The molecule has 13 heteroatoms. The Morgan fingerprint density at radius 2 is 1.19 bits per heavy atom. The van der Waals surface area contributed by atoms with Gasteiger partial charge in [-0.2, -0.15) is 0 Å². The van der Waals surface area contributed by atoms with E-state index in [1.165, 1.54) is 0 Å². The molecular weight excluding hydrogens is 556 g/mol. The number of carboxylic acids is 1. The van der Waals surface area contributed by atoms with Gasteiger partial charge in [0.05, 0.1) is 12.8 Å². The van der Waals surface area contributed by atoms with Crippen molar-refractivity contribution < 1.29 is 33.9 Å². The predicted molar refractivity (Wildman–Crippen MR) is 163 cm³/mol. The third-order valence-electron chi connectivity index (χ3n) is 7.86. The van der Waals surface area contributed by atoms with Gasteiger partial charge in [0.2, 0.25) is 23.6 Å². The maximum absolute atomic E-state index is 13.6. The van der Waals surface area contributed by atoms with Crippen molar-refractivity contribution in [2.45, 2.75) is 131 Å². The van der Waals surface area contributed by atoms with E-state index in [4.69, 9.17) is 0 Å². The van der Waals surface area contributed by atoms with Gasteiger partial charge < -0.3 is 36.6 Å². The number of likely N-dealkylation sites (tertiary alicyclic amines) is 1. The maximum atomic E-state index is 13.6. The maximum Gasteiger partial charge on any atom is 0.315 e. The highest BCUT2D eigenvalue weighted by Gasteiger charge is 2.38. The standard InChI is InChI=1S/C30H54N6O7/c1-10-19(11-2)32-28(43)35-24(30(7,8)9)27(42)34-20(16-22(37)36-14-12-13-15-36)26(41)33-21(17-23(38)39)25(40)31-18(3)29(4,5)6/h18-21,24H,10-17H2,1-9H3,(H,31,40)(H,33,41)(H,34,42)(H,38,39)(H2,32,35,43)/t18-,20-,21-,24+/m0/s1. The SMILES string of the molecule is CCC(CC)NC(=O)N[C@H](C(=O)N[C@@H](CC(=O)N1CCCC1)C(=O)N[C@@H](CC(=O)O)C(=O)N[C@@H](C)C(C)(C)C)C(C)(C)C. The Morgan fingerprint density at radius 1 is 0.698 bits per heavy atom. The third kappa shape index (κ3) is 12.8. The van der Waals surface area contributed by atoms with E-state index in [0.717, 1.165) is 12.8 Å². The first-order valence-corrected chi connectivity index (χ1v) is 15.3. The molecule has 6 N–H and O–H groups in total. The van der Waals surface area contributed by atoms with Crippen LogP contribution in [0, 0.1) is 10.8 Å². The average molecular weight is 611 g/mol. The number of nitrogens with zero attached hydrogens (tertiary/aromatic N) is 1. The van der Waals surface area contributed by atoms with Crippen molar-refractivity contribution in [3.8, 4) is 0 Å². The second-order valence-electron chi connectivity index (χ2n) is 13.5. The summed E-state index contributed by atoms with van der Waals surface area (Å²) in [5, 5.41) is 22.8. The summed E-state index contributed by atoms with van der Waals surface area (Å²) in [7, 11) is 0. The number of aliphatic carboxylic acids is 1. The van der Waals surface area contributed by atoms with Crippen molar-refractivity contribution in [3.63, 3.8) is 0 Å². The molecule has 1 saturated heterocycles. The van der Waals surface area contributed by atoms with Gasteiger partial charge in [-0.3, -0.25) is 24.0 Å². The number of rotatable bonds is 14. The molecule has 1 rings (SSSR count). The second kappa shape index (κ2) is 16.5. The molecule has 1 heterocycles. The molecule has 0 saturated carbocycles. The van der Waals surface area contributed by atoms with Crippen LogP contribution in [0.2, 0.25) is 0 Å². The van der Waals surface area contributed by atoms with Crippen molar-refractivity contribution in [1.29, 1.82) is 0 Å². The number of hydrogen-bond donors (Lipinski definition) is 6. The zero-order chi connectivity index (χ0) is 33.1. The summed E-state index contributed by atoms with van der Waals surface area (Å²) in [5.74, 6) is -3.92. The first-order chi connectivity index (χ1) is 19.8. The van der Waals surface area contributed by atoms with Crippen LogP contribution in [0.25, 0.3) is 0 Å². The summed E-state index contributed by atoms with van der Waals surface area (Å²) in [4.78, 5) is 79.2. The zero-order valence-electron chi connectivity index (χ0n) is 27.4. The molecule has 1 aliphatic rings. The minimum atomic E-state index is -1.45. The van der Waals surface area contributed by atoms with Gasteiger partial charge in [-0.1, -0.05) is 55.4 Å². The molecule has 1 fully saturated rings. The van der Waals surface area contributed by atoms with Gasteiger partial charge in [0, 0.05) is 25.2 Å². The van der Waals surface area contributed by atoms with E-state index < -0.39 is 66.1 Å². The average Bonchev–Trinajstić information content (AvgIpc) is 3.43. The highest BCUT2D eigenvalue weighted by Crippen LogP contribution is 2.21. The van der Waals surface area contributed by atoms with Crippen molar-refractivity contribution in [2.24, 2.45) is 10.8 Å². The van der Waals surface area contributed by atoms with E-state index >= 15 is 0 Å². The predicted octanol–water partition coefficient (Wildman–Crippen LogP) is 1.90. The third-order valence-corrected chi connectivity index (χ3v) is 7.86. The van der Waals surface area contributed by atoms with Crippen LogP contribution >= 0.6 is 0 Å². The summed E-state index contributed by atoms with van der Waals surface area (Å²) < 4.78 is 0. The van der Waals surface area contributed by atoms with Crippen LogP contribution in [0.15, 0.2) is 0 Å². The normalized spacial score (nSPS) is 16.5. The number of nitrogens with one attached hydrogen (secondary N) is 5. The summed E-state index contributed by atoms with van der Waals surface area (Å²) in [6, 6.07) is -4.91. The summed E-state index contributed by atoms with van der Waals surface area (Å²) in [6.45, 7) is 17.7. The molecule has 43 heavy (non-hydrogen) atoms. The van der Waals surface area contributed by atoms with E-state index in [-0.39, 0.29) is 23.4 Å². The Labute approximate surface area is 256 Å². The zero-order valence-corrected chi connectivity index (χ0v) is 27.4. The lowest BCUT2D eigenvalue weighted by Crippen LogP contribution is -2.61. The lowest BCUT2D eigenvalue weighted by molar-refractivity contribution is -0.142. The smallest absolute Gasteiger partial charge is 0.315 e. The van der Waals surface area contributed by atoms with E-state index in [2.05, 4.69) is 26.6 Å². The largest absolute Gasteiger partial charge is 0.481 e. The number of carboxylic acid groups (broad SMARTS) is 1. The summed E-state index contributed by atoms with van der Waals surface area (Å²) in [5.41, 5.74) is -1.11. The second-order valence-corrected chi connectivity index (χ2v) is 13.5. The molecule has 0 aromatic heterocycles. The molecule has 0 aromatic carbocycles. The van der Waals surface area contributed by atoms with Crippen LogP contribution in [0.1, 0.15) is 101 Å². The van der Waals surface area contributed by atoms with Crippen LogP contribution in [-0.2, 0) is 24.0 Å². The van der Waals surface area contributed by atoms with Crippen molar-refractivity contribution >= 4 is 35.6 Å². The van der Waals surface area contributed by atoms with Gasteiger partial charge in [0.15, 0.2) is 0 Å². The van der Waals surface area contributed by atoms with E-state index in [0.29, 0.717) is 25.9 Å². The monoisotopic (exact) mass is 610 g/mol. The molecule has 0 spiro atoms. The molecule has 0 aliphatic carbocycles. The van der Waals surface area contributed by atoms with Gasteiger partial charge in [-0.25, -0.2) is 4.79 Å². The first kappa shape index (κ1) is 37.6. The molecule has 0 radical (unpaired) electrons. The van der Waals surface area contributed by atoms with E-state index in [9.17, 15) is 33.9 Å². The van der Waals surface area contributed by atoms with Gasteiger partial charge in [0.25, 0.3) is 0 Å². The van der Waals surface area contributed by atoms with Crippen molar-refractivity contribution in [1.82, 2.24) is 31.5 Å². The Balaban J connectivity index is 3.26. The fourth-order valence-electron chi connectivity index (χ4n) is 4.45. The van der Waals surface area contributed by atoms with Crippen LogP contribution in [-0.4, -0.2) is 88.9 Å². The fraction of sp³-hybridized carbons (Fsp3) is 0.800. The number of hydrogen-bond acceptors (Lipinski definition) is 6. The van der Waals surface area contributed by atoms with Crippen LogP contribution in [0.5, 0.6) is 0 Å². The minimum Gasteiger partial charge on any atom is -0.481 e. The highest BCUT2D eigenvalue weighted by atomic mass is 16.4. The topological polar surface area (TPSA) is 186 Å². The summed E-state index contributed by atoms with van der Waals surface area (Å²) >= 11 is 0. The molecular formula is C30H54N6O7. The lowest BCUT2D eigenvalue weighted by atomic mass is 9.86. The Kier molecular flexibility index (Phi) is 14.4. The molecule has 6 amide bonds. The van der Waals surface area contributed by atoms with E-state index in [1.54, 1.807) is 32.6 Å². The van der Waals surface area contributed by atoms with Crippen molar-refractivity contribution in [2.75, 3.05) is 13.1 Å². The Hall–Kier alpha value is -3.38. The van der Waals surface area contributed by atoms with Gasteiger partial charge >= 0.3 is 12.0 Å². The number of carbonyl (C=O) groups is 6. The molecule has 1 aliphatic heterocycles. The highest BCUT2D eigenvalue weighted by molar-refractivity contribution is 5.97. The Bertz CT molecular complexity index is 994. The van der Waals surface area contributed by atoms with Crippen LogP contribution < -0.4 is 26.6 Å². The molecule has 0 unspecified atom stereocenters. The minimum absolute atomic E-state index is 0.0846. The van der Waals surface area contributed by atoms with Gasteiger partial charge in [0.1, 0.15) is 18.1 Å². The van der Waals surface area contributed by atoms with E-state index in [1.807, 2.05) is 34.6 Å². The van der Waals surface area contributed by atoms with Crippen molar-refractivity contribution in [3.05, 3.63) is 0 Å². The van der Waals surface area contributed by atoms with Gasteiger partial charge in [-0.05, 0) is 43.4 Å². The number of carbonyl (C=O) groups excluding carboxylic acids is 5. The Morgan fingerprint density at radius 3 is 1.65 bits per heavy atom. The number of amides is 6. The van der Waals surface area contributed by atoms with Gasteiger partial charge in [-0.15, -0.1) is 0 Å². The fourth-order valence-corrected chi connectivity index (χ4v) is 4.45. The molecule has 4 atom stereocenters. The first-order valence-electron chi connectivity index (χ1n) is 15.3. The van der Waals surface area contributed by atoms with Crippen LogP contribution in [0.3, 0.4) is 0 Å². The lowest BCUT2D eigenvalue weighted by Gasteiger charge is -2.33. The molecule has 246 valence electrons.